The maximum absolute atomic E-state index is 2.30. The van der Waals surface area contributed by atoms with E-state index in [0.29, 0.717) is 0 Å². The van der Waals surface area contributed by atoms with E-state index in [4.69, 9.17) is 0 Å². The number of fused-ring (bicyclic) bond motifs is 3. The van der Waals surface area contributed by atoms with E-state index in [2.05, 4.69) is 158 Å². The topological polar surface area (TPSA) is 0 Å². The first-order valence-electron chi connectivity index (χ1n) is 14.0. The molecule has 0 amide bonds. The first-order chi connectivity index (χ1) is 20.3. The average Bonchev–Trinajstić information content (AvgIpc) is 3.54. The summed E-state index contributed by atoms with van der Waals surface area (Å²) in [5, 5.41) is 7.71. The molecule has 0 atom stereocenters. The summed E-state index contributed by atoms with van der Waals surface area (Å²) in [4.78, 5) is 2.57. The van der Waals surface area contributed by atoms with Gasteiger partial charge in [0.05, 0.1) is 0 Å². The van der Waals surface area contributed by atoms with Crippen molar-refractivity contribution in [2.75, 3.05) is 0 Å². The first-order valence-corrected chi connectivity index (χ1v) is 14.8. The molecule has 0 saturated heterocycles. The molecule has 0 bridgehead atoms. The highest BCUT2D eigenvalue weighted by Gasteiger charge is 2.11. The molecular weight excluding hydrogens is 513 g/mol. The van der Waals surface area contributed by atoms with Crippen LogP contribution in [0.2, 0.25) is 0 Å². The summed E-state index contributed by atoms with van der Waals surface area (Å²) in [5.41, 5.74) is 7.59. The molecule has 192 valence electrons. The minimum absolute atomic E-state index is 1.25. The molecule has 0 N–H and O–H groups in total. The Bertz CT molecular complexity index is 2120. The Morgan fingerprint density at radius 3 is 1.39 bits per heavy atom. The van der Waals surface area contributed by atoms with Crippen molar-refractivity contribution >= 4 is 43.7 Å². The van der Waals surface area contributed by atoms with Crippen LogP contribution >= 0.6 is 11.3 Å². The molecule has 1 aromatic heterocycles. The van der Waals surface area contributed by atoms with Crippen molar-refractivity contribution in [3.8, 4) is 43.1 Å². The lowest BCUT2D eigenvalue weighted by atomic mass is 9.91. The molecule has 0 aliphatic rings. The van der Waals surface area contributed by atoms with Gasteiger partial charge in [0.2, 0.25) is 0 Å². The molecule has 7 aromatic carbocycles. The Balaban J connectivity index is 1.11. The first kappa shape index (κ1) is 23.9. The van der Waals surface area contributed by atoms with Gasteiger partial charge in [-0.3, -0.25) is 0 Å². The molecule has 0 saturated carbocycles. The van der Waals surface area contributed by atoms with Crippen molar-refractivity contribution < 1.29 is 0 Å². The fraction of sp³-hybridized carbons (Fsp3) is 0. The van der Waals surface area contributed by atoms with Crippen LogP contribution < -0.4 is 0 Å². The van der Waals surface area contributed by atoms with Crippen LogP contribution in [0.1, 0.15) is 0 Å². The van der Waals surface area contributed by atoms with E-state index in [1.807, 2.05) is 11.3 Å². The highest BCUT2D eigenvalue weighted by Crippen LogP contribution is 2.39. The van der Waals surface area contributed by atoms with E-state index in [1.165, 1.54) is 75.5 Å². The lowest BCUT2D eigenvalue weighted by molar-refractivity contribution is 1.64. The molecule has 1 heterocycles. The molecule has 0 radical (unpaired) electrons. The monoisotopic (exact) mass is 538 g/mol. The molecule has 0 unspecified atom stereocenters. The second-order valence-electron chi connectivity index (χ2n) is 10.5. The van der Waals surface area contributed by atoms with Crippen molar-refractivity contribution in [1.29, 1.82) is 0 Å². The van der Waals surface area contributed by atoms with Crippen molar-refractivity contribution in [3.05, 3.63) is 158 Å². The number of hydrogen-bond donors (Lipinski definition) is 0. The zero-order valence-corrected chi connectivity index (χ0v) is 23.2. The van der Waals surface area contributed by atoms with Crippen molar-refractivity contribution in [2.24, 2.45) is 0 Å². The van der Waals surface area contributed by atoms with E-state index >= 15 is 0 Å². The Kier molecular flexibility index (Phi) is 5.76. The zero-order chi connectivity index (χ0) is 27.2. The standard InChI is InChI=1S/C40H26S/c1-4-12-34-27(8-1)11-7-15-35(34)28-16-18-29(19-17-28)38-24-25-39(41-38)30-20-22-31(23-21-30)40-36-13-5-2-9-32(36)26-33-10-3-6-14-37(33)40/h1-26H. The van der Waals surface area contributed by atoms with Gasteiger partial charge in [-0.05, 0) is 83.9 Å². The van der Waals surface area contributed by atoms with Gasteiger partial charge < -0.3 is 0 Å². The molecular formula is C40H26S. The molecule has 0 aliphatic carbocycles. The fourth-order valence-electron chi connectivity index (χ4n) is 6.07. The fourth-order valence-corrected chi connectivity index (χ4v) is 7.08. The molecule has 41 heavy (non-hydrogen) atoms. The van der Waals surface area contributed by atoms with Gasteiger partial charge in [0, 0.05) is 9.75 Å². The lowest BCUT2D eigenvalue weighted by Gasteiger charge is -2.12. The van der Waals surface area contributed by atoms with Gasteiger partial charge in [0.1, 0.15) is 0 Å². The van der Waals surface area contributed by atoms with E-state index in [-0.39, 0.29) is 0 Å². The van der Waals surface area contributed by atoms with Crippen LogP contribution in [0.15, 0.2) is 158 Å². The third-order valence-electron chi connectivity index (χ3n) is 8.11. The van der Waals surface area contributed by atoms with Crippen LogP contribution in [0.3, 0.4) is 0 Å². The van der Waals surface area contributed by atoms with E-state index < -0.39 is 0 Å². The summed E-state index contributed by atoms with van der Waals surface area (Å²) in [6.07, 6.45) is 0. The van der Waals surface area contributed by atoms with Crippen molar-refractivity contribution in [3.63, 3.8) is 0 Å². The van der Waals surface area contributed by atoms with Gasteiger partial charge >= 0.3 is 0 Å². The largest absolute Gasteiger partial charge is 0.135 e. The summed E-state index contributed by atoms with van der Waals surface area (Å²) in [6.45, 7) is 0. The second kappa shape index (κ2) is 9.89. The maximum atomic E-state index is 2.30. The third-order valence-corrected chi connectivity index (χ3v) is 9.29. The third kappa shape index (κ3) is 4.23. The zero-order valence-electron chi connectivity index (χ0n) is 22.4. The van der Waals surface area contributed by atoms with Gasteiger partial charge in [0.25, 0.3) is 0 Å². The maximum Gasteiger partial charge on any atom is 0.0349 e. The molecule has 0 aliphatic heterocycles. The predicted molar refractivity (Wildman–Crippen MR) is 179 cm³/mol. The van der Waals surface area contributed by atoms with Crippen LogP contribution in [-0.4, -0.2) is 0 Å². The highest BCUT2D eigenvalue weighted by molar-refractivity contribution is 7.18. The van der Waals surface area contributed by atoms with Gasteiger partial charge in [-0.1, -0.05) is 140 Å². The summed E-state index contributed by atoms with van der Waals surface area (Å²) in [7, 11) is 0. The van der Waals surface area contributed by atoms with Gasteiger partial charge in [-0.25, -0.2) is 0 Å². The van der Waals surface area contributed by atoms with Crippen LogP contribution in [0.4, 0.5) is 0 Å². The quantitative estimate of drug-likeness (QED) is 0.195. The average molecular weight is 539 g/mol. The van der Waals surface area contributed by atoms with Crippen molar-refractivity contribution in [2.45, 2.75) is 0 Å². The van der Waals surface area contributed by atoms with E-state index in [9.17, 15) is 0 Å². The number of hydrogen-bond acceptors (Lipinski definition) is 1. The highest BCUT2D eigenvalue weighted by atomic mass is 32.1. The lowest BCUT2D eigenvalue weighted by Crippen LogP contribution is -1.85. The minimum atomic E-state index is 1.25. The van der Waals surface area contributed by atoms with Crippen LogP contribution in [-0.2, 0) is 0 Å². The van der Waals surface area contributed by atoms with Gasteiger partial charge in [-0.2, -0.15) is 0 Å². The normalized spacial score (nSPS) is 11.4. The molecule has 1 heteroatoms. The smallest absolute Gasteiger partial charge is 0.0349 e. The van der Waals surface area contributed by atoms with Gasteiger partial charge in [0.15, 0.2) is 0 Å². The second-order valence-corrected chi connectivity index (χ2v) is 11.6. The van der Waals surface area contributed by atoms with Crippen molar-refractivity contribution in [1.82, 2.24) is 0 Å². The van der Waals surface area contributed by atoms with Gasteiger partial charge in [-0.15, -0.1) is 11.3 Å². The molecule has 0 spiro atoms. The molecule has 0 fully saturated rings. The Labute approximate surface area is 243 Å². The molecule has 8 rings (SSSR count). The Morgan fingerprint density at radius 1 is 0.317 bits per heavy atom. The number of rotatable bonds is 4. The van der Waals surface area contributed by atoms with E-state index in [1.54, 1.807) is 0 Å². The van der Waals surface area contributed by atoms with Crippen LogP contribution in [0.25, 0.3) is 75.5 Å². The minimum Gasteiger partial charge on any atom is -0.135 e. The number of benzene rings is 7. The van der Waals surface area contributed by atoms with Crippen LogP contribution in [0, 0.1) is 0 Å². The summed E-state index contributed by atoms with van der Waals surface area (Å²) in [6, 6.07) is 57.4. The molecule has 8 aromatic rings. The number of thiophene rings is 1. The summed E-state index contributed by atoms with van der Waals surface area (Å²) >= 11 is 1.85. The Morgan fingerprint density at radius 2 is 0.780 bits per heavy atom. The van der Waals surface area contributed by atoms with E-state index in [0.717, 1.165) is 0 Å². The predicted octanol–water partition coefficient (Wildman–Crippen LogP) is 11.9. The summed E-state index contributed by atoms with van der Waals surface area (Å²) in [5.74, 6) is 0. The Hall–Kier alpha value is -4.98. The van der Waals surface area contributed by atoms with Crippen LogP contribution in [0.5, 0.6) is 0 Å². The molecule has 0 nitrogen and oxygen atoms in total. The SMILES string of the molecule is c1ccc2c(-c3ccc(-c4ccc(-c5ccc(-c6c7ccccc7cc7ccccc67)cc5)s4)cc3)cccc2c1. The summed E-state index contributed by atoms with van der Waals surface area (Å²) < 4.78 is 0.